The van der Waals surface area contributed by atoms with Gasteiger partial charge < -0.3 is 15.0 Å². The summed E-state index contributed by atoms with van der Waals surface area (Å²) in [6.45, 7) is 5.66. The molecule has 0 saturated heterocycles. The first-order valence-electron chi connectivity index (χ1n) is 10.9. The van der Waals surface area contributed by atoms with Gasteiger partial charge in [-0.2, -0.15) is 0 Å². The molecule has 5 nitrogen and oxygen atoms in total. The number of anilines is 1. The van der Waals surface area contributed by atoms with Gasteiger partial charge in [-0.15, -0.1) is 0 Å². The highest BCUT2D eigenvalue weighted by atomic mass is 79.9. The van der Waals surface area contributed by atoms with Gasteiger partial charge in [-0.25, -0.2) is 0 Å². The Balaban J connectivity index is 1.75. The van der Waals surface area contributed by atoms with E-state index >= 15 is 0 Å². The lowest BCUT2D eigenvalue weighted by atomic mass is 9.95. The Labute approximate surface area is 193 Å². The fraction of sp³-hybridized carbons (Fsp3) is 0.440. The number of para-hydroxylation sites is 1. The Kier molecular flexibility index (Phi) is 7.76. The summed E-state index contributed by atoms with van der Waals surface area (Å²) in [6, 6.07) is 11.4. The number of nitrogens with one attached hydrogen (secondary N) is 1. The molecule has 2 aromatic carbocycles. The van der Waals surface area contributed by atoms with Crippen molar-refractivity contribution in [1.29, 1.82) is 0 Å². The number of hydrogen-bond donors (Lipinski definition) is 1. The van der Waals surface area contributed by atoms with Gasteiger partial charge in [0.2, 0.25) is 0 Å². The van der Waals surface area contributed by atoms with Gasteiger partial charge in [0.05, 0.1) is 11.3 Å². The molecule has 1 unspecified atom stereocenters. The third kappa shape index (κ3) is 5.67. The van der Waals surface area contributed by atoms with E-state index in [2.05, 4.69) is 21.2 Å². The molecule has 31 heavy (non-hydrogen) atoms. The molecule has 1 N–H and O–H groups in total. The fourth-order valence-corrected chi connectivity index (χ4v) is 4.86. The highest BCUT2D eigenvalue weighted by Crippen LogP contribution is 2.29. The first kappa shape index (κ1) is 23.3. The van der Waals surface area contributed by atoms with E-state index in [4.69, 9.17) is 4.74 Å². The summed E-state index contributed by atoms with van der Waals surface area (Å²) < 4.78 is 7.02. The molecule has 0 heterocycles. The average Bonchev–Trinajstić information content (AvgIpc) is 2.75. The topological polar surface area (TPSA) is 58.6 Å². The molecular formula is C25H31BrN2O3. The number of halogens is 1. The summed E-state index contributed by atoms with van der Waals surface area (Å²) in [7, 11) is 1.69. The lowest BCUT2D eigenvalue weighted by molar-refractivity contribution is -0.124. The summed E-state index contributed by atoms with van der Waals surface area (Å²) in [5.74, 6) is 0.371. The maximum Gasteiger partial charge on any atom is 0.267 e. The number of carbonyl (C=O) groups is 2. The lowest BCUT2D eigenvalue weighted by Gasteiger charge is -2.26. The van der Waals surface area contributed by atoms with Crippen molar-refractivity contribution in [3.8, 4) is 5.75 Å². The van der Waals surface area contributed by atoms with Gasteiger partial charge in [0.1, 0.15) is 5.75 Å². The van der Waals surface area contributed by atoms with Gasteiger partial charge >= 0.3 is 0 Å². The maximum absolute atomic E-state index is 13.2. The van der Waals surface area contributed by atoms with Crippen LogP contribution in [0.4, 0.5) is 5.69 Å². The number of likely N-dealkylation sites (N-methyl/N-ethyl adjacent to an activating group) is 1. The molecule has 0 aliphatic heterocycles. The predicted molar refractivity (Wildman–Crippen MR) is 128 cm³/mol. The molecule has 1 fully saturated rings. The van der Waals surface area contributed by atoms with Crippen molar-refractivity contribution in [2.45, 2.75) is 65.0 Å². The molecule has 166 valence electrons. The standard InChI is InChI=1S/C25H31BrN2O3/c1-16-14-19(26)15-17(2)23(16)31-18(3)25(30)28(4)22-13-9-8-12-21(22)24(29)27-20-10-6-5-7-11-20/h8-9,12-15,18,20H,5-7,10-11H2,1-4H3,(H,27,29). The highest BCUT2D eigenvalue weighted by molar-refractivity contribution is 9.10. The molecule has 3 rings (SSSR count). The van der Waals surface area contributed by atoms with E-state index in [1.54, 1.807) is 26.1 Å². The second kappa shape index (κ2) is 10.3. The average molecular weight is 487 g/mol. The minimum absolute atomic E-state index is 0.129. The smallest absolute Gasteiger partial charge is 0.267 e. The van der Waals surface area contributed by atoms with Crippen molar-refractivity contribution in [2.75, 3.05) is 11.9 Å². The first-order valence-corrected chi connectivity index (χ1v) is 11.7. The van der Waals surface area contributed by atoms with Crippen LogP contribution in [0.1, 0.15) is 60.5 Å². The zero-order valence-electron chi connectivity index (χ0n) is 18.7. The molecule has 2 amide bonds. The second-order valence-electron chi connectivity index (χ2n) is 8.35. The van der Waals surface area contributed by atoms with Gasteiger partial charge in [-0.1, -0.05) is 47.3 Å². The number of amides is 2. The molecular weight excluding hydrogens is 456 g/mol. The van der Waals surface area contributed by atoms with Crippen molar-refractivity contribution in [3.05, 3.63) is 57.6 Å². The van der Waals surface area contributed by atoms with Crippen LogP contribution >= 0.6 is 15.9 Å². The molecule has 1 saturated carbocycles. The van der Waals surface area contributed by atoms with E-state index < -0.39 is 6.10 Å². The highest BCUT2D eigenvalue weighted by Gasteiger charge is 2.26. The summed E-state index contributed by atoms with van der Waals surface area (Å²) in [4.78, 5) is 27.6. The Bertz CT molecular complexity index is 931. The van der Waals surface area contributed by atoms with Crippen molar-refractivity contribution < 1.29 is 14.3 Å². The van der Waals surface area contributed by atoms with Gasteiger partial charge in [0, 0.05) is 17.6 Å². The monoisotopic (exact) mass is 486 g/mol. The molecule has 0 bridgehead atoms. The van der Waals surface area contributed by atoms with E-state index in [-0.39, 0.29) is 17.9 Å². The molecule has 1 aliphatic rings. The van der Waals surface area contributed by atoms with Gasteiger partial charge in [-0.05, 0) is 69.0 Å². The Morgan fingerprint density at radius 1 is 1.10 bits per heavy atom. The zero-order chi connectivity index (χ0) is 22.5. The van der Waals surface area contributed by atoms with Crippen LogP contribution in [0.5, 0.6) is 5.75 Å². The summed E-state index contributed by atoms with van der Waals surface area (Å²) >= 11 is 3.48. The van der Waals surface area contributed by atoms with E-state index in [1.807, 2.05) is 38.1 Å². The minimum Gasteiger partial charge on any atom is -0.480 e. The van der Waals surface area contributed by atoms with E-state index in [9.17, 15) is 9.59 Å². The molecule has 2 aromatic rings. The number of nitrogens with zero attached hydrogens (tertiary/aromatic N) is 1. The number of hydrogen-bond acceptors (Lipinski definition) is 3. The maximum atomic E-state index is 13.2. The molecule has 6 heteroatoms. The Morgan fingerprint density at radius 2 is 1.71 bits per heavy atom. The van der Waals surface area contributed by atoms with Crippen molar-refractivity contribution >= 4 is 33.4 Å². The number of rotatable bonds is 6. The van der Waals surface area contributed by atoms with Crippen LogP contribution in [0, 0.1) is 13.8 Å². The van der Waals surface area contributed by atoms with Gasteiger partial charge in [0.15, 0.2) is 6.10 Å². The van der Waals surface area contributed by atoms with Crippen LogP contribution in [0.3, 0.4) is 0 Å². The molecule has 0 aromatic heterocycles. The lowest BCUT2D eigenvalue weighted by Crippen LogP contribution is -2.40. The molecule has 0 spiro atoms. The number of carbonyl (C=O) groups excluding carboxylic acids is 2. The zero-order valence-corrected chi connectivity index (χ0v) is 20.3. The Hall–Kier alpha value is -2.34. The van der Waals surface area contributed by atoms with Crippen LogP contribution in [-0.2, 0) is 4.79 Å². The van der Waals surface area contributed by atoms with Gasteiger partial charge in [-0.3, -0.25) is 9.59 Å². The van der Waals surface area contributed by atoms with Crippen molar-refractivity contribution in [2.24, 2.45) is 0 Å². The van der Waals surface area contributed by atoms with Crippen LogP contribution in [-0.4, -0.2) is 31.0 Å². The van der Waals surface area contributed by atoms with E-state index in [1.165, 1.54) is 11.3 Å². The SMILES string of the molecule is Cc1cc(Br)cc(C)c1OC(C)C(=O)N(C)c1ccccc1C(=O)NC1CCCCC1. The third-order valence-electron chi connectivity index (χ3n) is 5.85. The predicted octanol–water partition coefficient (Wildman–Crippen LogP) is 5.56. The molecule has 0 radical (unpaired) electrons. The quantitative estimate of drug-likeness (QED) is 0.581. The number of ether oxygens (including phenoxy) is 1. The molecule has 1 aliphatic carbocycles. The van der Waals surface area contributed by atoms with Crippen molar-refractivity contribution in [3.63, 3.8) is 0 Å². The first-order chi connectivity index (χ1) is 14.8. The third-order valence-corrected chi connectivity index (χ3v) is 6.31. The summed E-state index contributed by atoms with van der Waals surface area (Å²) in [5.41, 5.74) is 3.01. The van der Waals surface area contributed by atoms with Crippen LogP contribution < -0.4 is 15.0 Å². The number of benzene rings is 2. The molecule has 1 atom stereocenters. The largest absolute Gasteiger partial charge is 0.480 e. The Morgan fingerprint density at radius 3 is 2.35 bits per heavy atom. The van der Waals surface area contributed by atoms with Crippen LogP contribution in [0.2, 0.25) is 0 Å². The normalized spacial score (nSPS) is 15.3. The summed E-state index contributed by atoms with van der Waals surface area (Å²) in [5, 5.41) is 3.15. The minimum atomic E-state index is -0.696. The summed E-state index contributed by atoms with van der Waals surface area (Å²) in [6.07, 6.45) is 4.86. The van der Waals surface area contributed by atoms with E-state index in [0.717, 1.165) is 41.3 Å². The van der Waals surface area contributed by atoms with Crippen molar-refractivity contribution in [1.82, 2.24) is 5.32 Å². The van der Waals surface area contributed by atoms with Gasteiger partial charge in [0.25, 0.3) is 11.8 Å². The van der Waals surface area contributed by atoms with Crippen LogP contribution in [0.15, 0.2) is 40.9 Å². The second-order valence-corrected chi connectivity index (χ2v) is 9.27. The number of aryl methyl sites for hydroxylation is 2. The van der Waals surface area contributed by atoms with E-state index in [0.29, 0.717) is 17.0 Å². The van der Waals surface area contributed by atoms with Crippen LogP contribution in [0.25, 0.3) is 0 Å². The fourth-order valence-electron chi connectivity index (χ4n) is 4.17.